The molecule has 0 spiro atoms. The maximum atomic E-state index is 5.66. The van der Waals surface area contributed by atoms with Gasteiger partial charge in [0.15, 0.2) is 0 Å². The molecule has 0 heterocycles. The largest absolute Gasteiger partial charge is 0.383 e. The van der Waals surface area contributed by atoms with Gasteiger partial charge in [-0.05, 0) is 51.8 Å². The van der Waals surface area contributed by atoms with E-state index < -0.39 is 0 Å². The summed E-state index contributed by atoms with van der Waals surface area (Å²) in [4.78, 5) is 0. The second kappa shape index (κ2) is 5.35. The van der Waals surface area contributed by atoms with Crippen LogP contribution in [0.15, 0.2) is 18.2 Å². The van der Waals surface area contributed by atoms with Gasteiger partial charge in [0, 0.05) is 12.2 Å². The minimum atomic E-state index is -0.0523. The molecule has 0 aliphatic carbocycles. The molecular weight excluding hydrogens is 198 g/mol. The molecule has 1 N–H and O–H groups in total. The van der Waals surface area contributed by atoms with Crippen molar-refractivity contribution in [3.63, 3.8) is 0 Å². The predicted octanol–water partition coefficient (Wildman–Crippen LogP) is 3.53. The molecular formula is C14H23NO. The maximum Gasteiger partial charge on any atom is 0.0646 e. The fraction of sp³-hybridized carbons (Fsp3) is 0.571. The van der Waals surface area contributed by atoms with E-state index in [0.717, 1.165) is 13.2 Å². The van der Waals surface area contributed by atoms with Gasteiger partial charge >= 0.3 is 0 Å². The Morgan fingerprint density at radius 1 is 1.19 bits per heavy atom. The van der Waals surface area contributed by atoms with Gasteiger partial charge in [-0.1, -0.05) is 12.1 Å². The number of ether oxygens (including phenoxy) is 1. The molecule has 0 bridgehead atoms. The molecule has 2 heteroatoms. The van der Waals surface area contributed by atoms with Crippen molar-refractivity contribution in [2.24, 2.45) is 0 Å². The highest BCUT2D eigenvalue weighted by atomic mass is 16.5. The first-order valence-electron chi connectivity index (χ1n) is 5.84. The second-order valence-electron chi connectivity index (χ2n) is 5.14. The summed E-state index contributed by atoms with van der Waals surface area (Å²) in [5.74, 6) is 0. The van der Waals surface area contributed by atoms with E-state index in [1.165, 1.54) is 16.8 Å². The van der Waals surface area contributed by atoms with Crippen molar-refractivity contribution >= 4 is 5.69 Å². The smallest absolute Gasteiger partial charge is 0.0646 e. The van der Waals surface area contributed by atoms with Crippen molar-refractivity contribution in [2.45, 2.75) is 40.2 Å². The van der Waals surface area contributed by atoms with Crippen LogP contribution in [0.4, 0.5) is 5.69 Å². The highest BCUT2D eigenvalue weighted by molar-refractivity contribution is 5.53. The Morgan fingerprint density at radius 2 is 1.88 bits per heavy atom. The summed E-state index contributed by atoms with van der Waals surface area (Å²) in [6.07, 6.45) is 0. The fourth-order valence-electron chi connectivity index (χ4n) is 1.49. The van der Waals surface area contributed by atoms with Gasteiger partial charge < -0.3 is 10.1 Å². The molecule has 0 atom stereocenters. The van der Waals surface area contributed by atoms with Crippen molar-refractivity contribution in [1.82, 2.24) is 0 Å². The molecule has 0 unspecified atom stereocenters. The van der Waals surface area contributed by atoms with E-state index in [1.54, 1.807) is 0 Å². The van der Waals surface area contributed by atoms with Crippen LogP contribution < -0.4 is 5.32 Å². The summed E-state index contributed by atoms with van der Waals surface area (Å²) in [7, 11) is 0. The maximum absolute atomic E-state index is 5.66. The first-order valence-corrected chi connectivity index (χ1v) is 5.84. The summed E-state index contributed by atoms with van der Waals surface area (Å²) in [5, 5.41) is 3.40. The summed E-state index contributed by atoms with van der Waals surface area (Å²) in [6.45, 7) is 12.1. The number of hydrogen-bond acceptors (Lipinski definition) is 2. The second-order valence-corrected chi connectivity index (χ2v) is 5.14. The lowest BCUT2D eigenvalue weighted by Gasteiger charge is -2.20. The lowest BCUT2D eigenvalue weighted by molar-refractivity contribution is 0.00333. The fourth-order valence-corrected chi connectivity index (χ4v) is 1.49. The molecule has 0 aliphatic heterocycles. The van der Waals surface area contributed by atoms with Crippen LogP contribution in [0.25, 0.3) is 0 Å². The van der Waals surface area contributed by atoms with Gasteiger partial charge in [-0.2, -0.15) is 0 Å². The zero-order valence-electron chi connectivity index (χ0n) is 11.1. The molecule has 16 heavy (non-hydrogen) atoms. The Labute approximate surface area is 99.0 Å². The van der Waals surface area contributed by atoms with Crippen molar-refractivity contribution < 1.29 is 4.74 Å². The van der Waals surface area contributed by atoms with Crippen LogP contribution in [0.5, 0.6) is 0 Å². The van der Waals surface area contributed by atoms with E-state index >= 15 is 0 Å². The van der Waals surface area contributed by atoms with Crippen LogP contribution >= 0.6 is 0 Å². The summed E-state index contributed by atoms with van der Waals surface area (Å²) < 4.78 is 5.66. The van der Waals surface area contributed by atoms with Crippen LogP contribution in [-0.4, -0.2) is 18.8 Å². The third-order valence-corrected chi connectivity index (χ3v) is 2.56. The molecule has 2 nitrogen and oxygen atoms in total. The Bertz CT molecular complexity index is 339. The lowest BCUT2D eigenvalue weighted by Crippen LogP contribution is -2.23. The molecule has 0 saturated carbocycles. The van der Waals surface area contributed by atoms with Gasteiger partial charge in [0.25, 0.3) is 0 Å². The summed E-state index contributed by atoms with van der Waals surface area (Å²) >= 11 is 0. The van der Waals surface area contributed by atoms with E-state index in [0.29, 0.717) is 0 Å². The molecule has 0 radical (unpaired) electrons. The van der Waals surface area contributed by atoms with E-state index in [2.05, 4.69) is 58.1 Å². The third-order valence-electron chi connectivity index (χ3n) is 2.56. The zero-order chi connectivity index (χ0) is 12.2. The number of nitrogens with one attached hydrogen (secondary N) is 1. The lowest BCUT2D eigenvalue weighted by atomic mass is 10.1. The van der Waals surface area contributed by atoms with Crippen molar-refractivity contribution in [1.29, 1.82) is 0 Å². The molecule has 1 aromatic rings. The van der Waals surface area contributed by atoms with Crippen LogP contribution in [0.2, 0.25) is 0 Å². The summed E-state index contributed by atoms with van der Waals surface area (Å²) in [6, 6.07) is 6.32. The number of aryl methyl sites for hydroxylation is 1. The van der Waals surface area contributed by atoms with Crippen molar-refractivity contribution in [3.8, 4) is 0 Å². The van der Waals surface area contributed by atoms with Crippen molar-refractivity contribution in [3.05, 3.63) is 29.3 Å². The van der Waals surface area contributed by atoms with Crippen LogP contribution in [-0.2, 0) is 4.74 Å². The molecule has 0 fully saturated rings. The predicted molar refractivity (Wildman–Crippen MR) is 70.1 cm³/mol. The molecule has 0 amide bonds. The Balaban J connectivity index is 2.41. The molecule has 90 valence electrons. The van der Waals surface area contributed by atoms with Crippen molar-refractivity contribution in [2.75, 3.05) is 18.5 Å². The number of anilines is 1. The average molecular weight is 221 g/mol. The Hall–Kier alpha value is -1.02. The normalized spacial score (nSPS) is 11.6. The standard InChI is InChI=1S/C14H23NO/c1-11-7-6-8-13(12(11)2)15-9-10-16-14(3,4)5/h6-8,15H,9-10H2,1-5H3. The topological polar surface area (TPSA) is 21.3 Å². The summed E-state index contributed by atoms with van der Waals surface area (Å²) in [5.41, 5.74) is 3.79. The molecule has 0 aliphatic rings. The van der Waals surface area contributed by atoms with Gasteiger partial charge in [-0.15, -0.1) is 0 Å². The molecule has 1 rings (SSSR count). The monoisotopic (exact) mass is 221 g/mol. The van der Waals surface area contributed by atoms with Crippen LogP contribution in [0, 0.1) is 13.8 Å². The van der Waals surface area contributed by atoms with Crippen LogP contribution in [0.3, 0.4) is 0 Å². The van der Waals surface area contributed by atoms with Crippen LogP contribution in [0.1, 0.15) is 31.9 Å². The SMILES string of the molecule is Cc1cccc(NCCOC(C)(C)C)c1C. The third kappa shape index (κ3) is 4.23. The Kier molecular flexibility index (Phi) is 4.36. The van der Waals surface area contributed by atoms with E-state index in [4.69, 9.17) is 4.74 Å². The van der Waals surface area contributed by atoms with E-state index in [9.17, 15) is 0 Å². The van der Waals surface area contributed by atoms with Gasteiger partial charge in [-0.25, -0.2) is 0 Å². The highest BCUT2D eigenvalue weighted by Crippen LogP contribution is 2.17. The quantitative estimate of drug-likeness (QED) is 0.785. The zero-order valence-corrected chi connectivity index (χ0v) is 11.1. The molecule has 0 aromatic heterocycles. The number of hydrogen-bond donors (Lipinski definition) is 1. The first-order chi connectivity index (χ1) is 7.40. The van der Waals surface area contributed by atoms with Gasteiger partial charge in [0.1, 0.15) is 0 Å². The average Bonchev–Trinajstić information content (AvgIpc) is 2.17. The van der Waals surface area contributed by atoms with E-state index in [1.807, 2.05) is 0 Å². The number of benzene rings is 1. The minimum absolute atomic E-state index is 0.0523. The molecule has 1 aromatic carbocycles. The first kappa shape index (κ1) is 13.0. The molecule has 0 saturated heterocycles. The number of rotatable bonds is 4. The minimum Gasteiger partial charge on any atom is -0.383 e. The van der Waals surface area contributed by atoms with Gasteiger partial charge in [0.05, 0.1) is 12.2 Å². The Morgan fingerprint density at radius 3 is 2.50 bits per heavy atom. The van der Waals surface area contributed by atoms with Gasteiger partial charge in [-0.3, -0.25) is 0 Å². The van der Waals surface area contributed by atoms with E-state index in [-0.39, 0.29) is 5.60 Å². The van der Waals surface area contributed by atoms with Gasteiger partial charge in [0.2, 0.25) is 0 Å². The highest BCUT2D eigenvalue weighted by Gasteiger charge is 2.09.